The molecule has 2 unspecified atom stereocenters. The molecule has 2 fully saturated rings. The van der Waals surface area contributed by atoms with Gasteiger partial charge in [-0.05, 0) is 48.9 Å². The van der Waals surface area contributed by atoms with Gasteiger partial charge in [-0.3, -0.25) is 19.3 Å². The molecule has 1 aromatic carbocycles. The van der Waals surface area contributed by atoms with E-state index >= 15 is 0 Å². The van der Waals surface area contributed by atoms with E-state index in [1.807, 2.05) is 15.5 Å². The maximum Gasteiger partial charge on any atom is 0.324 e. The van der Waals surface area contributed by atoms with Crippen LogP contribution >= 0.6 is 0 Å². The average molecular weight is 467 g/mol. The Bertz CT molecular complexity index is 1200. The van der Waals surface area contributed by atoms with Crippen LogP contribution in [0.2, 0.25) is 0 Å². The first-order valence-corrected chi connectivity index (χ1v) is 11.7. The number of carbonyl (C=O) groups excluding carboxylic acids is 3. The van der Waals surface area contributed by atoms with Gasteiger partial charge in [-0.1, -0.05) is 18.2 Å². The lowest BCUT2D eigenvalue weighted by Crippen LogP contribution is -2.49. The molecule has 34 heavy (non-hydrogen) atoms. The number of nitrogens with one attached hydrogen (secondary N) is 1. The van der Waals surface area contributed by atoms with Crippen molar-refractivity contribution in [1.29, 1.82) is 0 Å². The summed E-state index contributed by atoms with van der Waals surface area (Å²) in [6, 6.07) is 10.2. The van der Waals surface area contributed by atoms with Crippen LogP contribution in [-0.2, 0) is 22.6 Å². The number of hydrogen-bond donors (Lipinski definition) is 1. The lowest BCUT2D eigenvalue weighted by molar-refractivity contribution is -0.134. The summed E-state index contributed by atoms with van der Waals surface area (Å²) in [5, 5.41) is 2.67. The highest BCUT2D eigenvalue weighted by molar-refractivity contribution is 6.04. The Labute approximate surface area is 196 Å². The van der Waals surface area contributed by atoms with Gasteiger partial charge in [0.2, 0.25) is 5.91 Å². The number of carbonyl (C=O) groups is 3. The van der Waals surface area contributed by atoms with E-state index in [1.165, 1.54) is 12.1 Å². The van der Waals surface area contributed by atoms with Crippen molar-refractivity contribution in [1.82, 2.24) is 19.7 Å². The lowest BCUT2D eigenvalue weighted by Gasteiger charge is -2.42. The number of likely N-dealkylation sites (tertiary alicyclic amines) is 1. The van der Waals surface area contributed by atoms with E-state index in [2.05, 4.69) is 5.32 Å². The lowest BCUT2D eigenvalue weighted by atomic mass is 9.83. The van der Waals surface area contributed by atoms with Crippen LogP contribution in [0.25, 0.3) is 0 Å². The molecule has 0 saturated carbocycles. The van der Waals surface area contributed by atoms with Crippen molar-refractivity contribution in [2.75, 3.05) is 19.6 Å². The molecule has 3 aliphatic heterocycles. The van der Waals surface area contributed by atoms with Crippen molar-refractivity contribution in [3.8, 4) is 0 Å². The number of rotatable bonds is 6. The maximum absolute atomic E-state index is 13.4. The van der Waals surface area contributed by atoms with Gasteiger partial charge in [-0.15, -0.1) is 0 Å². The second-order valence-electron chi connectivity index (χ2n) is 9.41. The van der Waals surface area contributed by atoms with Crippen LogP contribution in [-0.4, -0.2) is 57.9 Å². The highest BCUT2D eigenvalue weighted by Gasteiger charge is 2.39. The molecule has 4 heterocycles. The summed E-state index contributed by atoms with van der Waals surface area (Å²) in [5.74, 6) is -0.374. The second kappa shape index (κ2) is 9.04. The van der Waals surface area contributed by atoms with E-state index in [9.17, 15) is 23.6 Å². The topological polar surface area (TPSA) is 91.7 Å². The van der Waals surface area contributed by atoms with Crippen LogP contribution in [0, 0.1) is 11.7 Å². The Hall–Kier alpha value is -3.49. The Kier molecular flexibility index (Phi) is 5.93. The van der Waals surface area contributed by atoms with Gasteiger partial charge < -0.3 is 14.8 Å². The Morgan fingerprint density at radius 3 is 2.71 bits per heavy atom. The summed E-state index contributed by atoms with van der Waals surface area (Å²) in [6.07, 6.45) is 1.73. The molecule has 4 amide bonds. The molecule has 3 aliphatic rings. The molecule has 2 saturated heterocycles. The summed E-state index contributed by atoms with van der Waals surface area (Å²) in [7, 11) is 0. The monoisotopic (exact) mass is 466 g/mol. The average Bonchev–Trinajstić information content (AvgIpc) is 3.09. The van der Waals surface area contributed by atoms with Gasteiger partial charge in [0.25, 0.3) is 11.5 Å². The summed E-state index contributed by atoms with van der Waals surface area (Å²) >= 11 is 0. The first-order chi connectivity index (χ1) is 16.4. The van der Waals surface area contributed by atoms with Crippen molar-refractivity contribution in [3.63, 3.8) is 0 Å². The number of imide groups is 1. The van der Waals surface area contributed by atoms with Gasteiger partial charge in [0.05, 0.1) is 0 Å². The van der Waals surface area contributed by atoms with E-state index in [-0.39, 0.29) is 54.4 Å². The number of halogens is 1. The molecule has 2 bridgehead atoms. The normalized spacial score (nSPS) is 23.6. The van der Waals surface area contributed by atoms with Crippen molar-refractivity contribution < 1.29 is 18.8 Å². The fourth-order valence-electron chi connectivity index (χ4n) is 5.44. The zero-order valence-corrected chi connectivity index (χ0v) is 18.8. The van der Waals surface area contributed by atoms with Crippen LogP contribution in [0.15, 0.2) is 47.3 Å². The minimum absolute atomic E-state index is 0.00409. The highest BCUT2D eigenvalue weighted by Crippen LogP contribution is 2.35. The summed E-state index contributed by atoms with van der Waals surface area (Å²) in [5.41, 5.74) is 1.69. The zero-order valence-electron chi connectivity index (χ0n) is 18.8. The molecule has 0 radical (unpaired) electrons. The van der Waals surface area contributed by atoms with Crippen molar-refractivity contribution in [2.24, 2.45) is 5.92 Å². The Morgan fingerprint density at radius 2 is 1.88 bits per heavy atom. The predicted molar refractivity (Wildman–Crippen MR) is 122 cm³/mol. The summed E-state index contributed by atoms with van der Waals surface area (Å²) < 4.78 is 15.2. The Morgan fingerprint density at radius 1 is 1.06 bits per heavy atom. The fraction of sp³-hybridized carbons (Fsp3) is 0.440. The summed E-state index contributed by atoms with van der Waals surface area (Å²) in [4.78, 5) is 53.2. The van der Waals surface area contributed by atoms with Crippen LogP contribution in [0.1, 0.15) is 36.4 Å². The predicted octanol–water partition coefficient (Wildman–Crippen LogP) is 1.88. The van der Waals surface area contributed by atoms with Crippen LogP contribution in [0.5, 0.6) is 0 Å². The largest absolute Gasteiger partial charge is 0.342 e. The minimum atomic E-state index is -0.729. The van der Waals surface area contributed by atoms with Gasteiger partial charge in [0.1, 0.15) is 11.9 Å². The number of pyridine rings is 1. The number of amides is 4. The van der Waals surface area contributed by atoms with E-state index < -0.39 is 12.1 Å². The highest BCUT2D eigenvalue weighted by atomic mass is 19.1. The molecular formula is C25H27FN4O4. The third-order valence-electron chi connectivity index (χ3n) is 7.10. The van der Waals surface area contributed by atoms with Gasteiger partial charge >= 0.3 is 6.03 Å². The van der Waals surface area contributed by atoms with Crippen molar-refractivity contribution in [2.45, 2.75) is 44.2 Å². The van der Waals surface area contributed by atoms with Gasteiger partial charge in [0, 0.05) is 50.3 Å². The number of fused-ring (bicyclic) bond motifs is 4. The maximum atomic E-state index is 13.4. The van der Waals surface area contributed by atoms with Crippen LogP contribution < -0.4 is 10.9 Å². The number of aromatic nitrogens is 1. The number of nitrogens with zero attached hydrogens (tertiary/aromatic N) is 3. The molecular weight excluding hydrogens is 439 g/mol. The first-order valence-electron chi connectivity index (χ1n) is 11.7. The van der Waals surface area contributed by atoms with Crippen LogP contribution in [0.3, 0.4) is 0 Å². The van der Waals surface area contributed by atoms with E-state index in [1.54, 1.807) is 24.3 Å². The van der Waals surface area contributed by atoms with Gasteiger partial charge in [-0.2, -0.15) is 0 Å². The molecule has 178 valence electrons. The van der Waals surface area contributed by atoms with E-state index in [0.29, 0.717) is 31.6 Å². The molecule has 3 atom stereocenters. The van der Waals surface area contributed by atoms with Crippen molar-refractivity contribution in [3.05, 3.63) is 69.9 Å². The summed E-state index contributed by atoms with van der Waals surface area (Å²) in [6.45, 7) is 1.93. The number of piperidine rings is 1. The third-order valence-corrected chi connectivity index (χ3v) is 7.10. The molecule has 8 nitrogen and oxygen atoms in total. The smallest absolute Gasteiger partial charge is 0.324 e. The number of benzene rings is 1. The fourth-order valence-corrected chi connectivity index (χ4v) is 5.44. The molecule has 5 rings (SSSR count). The molecule has 0 aliphatic carbocycles. The molecule has 0 spiro atoms. The standard InChI is InChI=1S/C25H27FN4O4/c26-19-4-1-3-16(12-19)9-10-29-24(33)20(27-25(29)34)7-8-22(31)28-13-17-11-18(15-28)21-5-2-6-23(32)30(21)14-17/h1-6,12,17-18,20H,7-11,13-15H2,(H,27,34)/t17?,18?,20-/m0/s1. The Balaban J connectivity index is 1.16. The quantitative estimate of drug-likeness (QED) is 0.658. The molecule has 2 aromatic rings. The van der Waals surface area contributed by atoms with Crippen LogP contribution in [0.4, 0.5) is 9.18 Å². The second-order valence-corrected chi connectivity index (χ2v) is 9.41. The number of hydrogen-bond acceptors (Lipinski definition) is 4. The number of urea groups is 1. The van der Waals surface area contributed by atoms with E-state index in [0.717, 1.165) is 17.0 Å². The zero-order chi connectivity index (χ0) is 23.8. The first kappa shape index (κ1) is 22.3. The SMILES string of the molecule is O=C(CC[C@@H]1NC(=O)N(CCc2cccc(F)c2)C1=O)N1CC2CC(C1)c1cccc(=O)n1C2. The molecule has 1 N–H and O–H groups in total. The van der Waals surface area contributed by atoms with Gasteiger partial charge in [0.15, 0.2) is 0 Å². The molecule has 1 aromatic heterocycles. The van der Waals surface area contributed by atoms with Crippen molar-refractivity contribution >= 4 is 17.8 Å². The minimum Gasteiger partial charge on any atom is -0.342 e. The third kappa shape index (κ3) is 4.34. The van der Waals surface area contributed by atoms with E-state index in [4.69, 9.17) is 0 Å². The molecule has 9 heteroatoms. The van der Waals surface area contributed by atoms with Gasteiger partial charge in [-0.25, -0.2) is 9.18 Å².